The molecule has 0 fully saturated rings. The highest BCUT2D eigenvalue weighted by Crippen LogP contribution is 2.31. The second-order valence-corrected chi connectivity index (χ2v) is 7.20. The van der Waals surface area contributed by atoms with Gasteiger partial charge in [-0.1, -0.05) is 48.0 Å². The fourth-order valence-electron chi connectivity index (χ4n) is 3.50. The largest absolute Gasteiger partial charge is 0.497 e. The van der Waals surface area contributed by atoms with Crippen LogP contribution in [0.4, 0.5) is 5.82 Å². The molecule has 150 valence electrons. The first-order chi connectivity index (χ1) is 14.5. The van der Waals surface area contributed by atoms with Crippen molar-refractivity contribution in [3.8, 4) is 16.9 Å². The molecule has 1 heterocycles. The number of anilines is 1. The van der Waals surface area contributed by atoms with E-state index in [1.165, 1.54) is 0 Å². The lowest BCUT2D eigenvalue weighted by atomic mass is 10.0. The lowest BCUT2D eigenvalue weighted by Gasteiger charge is -2.19. The standard InChI is InChI=1S/C24H19ClN2O3/c1-27-20-13-6-4-11-18(20)22(28)21(15-8-7-9-16(14-15)30-2)23(27)26-24(29)17-10-3-5-12-19(17)25/h3-14H,1-2H3,(H,26,29). The first kappa shape index (κ1) is 19.7. The van der Waals surface area contributed by atoms with Crippen LogP contribution in [0.5, 0.6) is 5.75 Å². The van der Waals surface area contributed by atoms with Crippen LogP contribution in [0.15, 0.2) is 77.6 Å². The molecule has 3 aromatic carbocycles. The summed E-state index contributed by atoms with van der Waals surface area (Å²) in [6.45, 7) is 0. The molecule has 5 nitrogen and oxygen atoms in total. The maximum Gasteiger partial charge on any atom is 0.258 e. The average Bonchev–Trinajstić information content (AvgIpc) is 2.77. The number of halogens is 1. The molecule has 0 saturated heterocycles. The Morgan fingerprint density at radius 3 is 2.50 bits per heavy atom. The molecular weight excluding hydrogens is 400 g/mol. The van der Waals surface area contributed by atoms with Crippen LogP contribution in [-0.2, 0) is 7.05 Å². The van der Waals surface area contributed by atoms with Gasteiger partial charge in [0.15, 0.2) is 5.43 Å². The van der Waals surface area contributed by atoms with E-state index in [9.17, 15) is 9.59 Å². The lowest BCUT2D eigenvalue weighted by Crippen LogP contribution is -2.21. The van der Waals surface area contributed by atoms with Gasteiger partial charge in [0.1, 0.15) is 11.6 Å². The summed E-state index contributed by atoms with van der Waals surface area (Å²) in [7, 11) is 3.38. The molecule has 0 aliphatic carbocycles. The molecule has 30 heavy (non-hydrogen) atoms. The third kappa shape index (κ3) is 3.44. The highest BCUT2D eigenvalue weighted by Gasteiger charge is 2.20. The van der Waals surface area contributed by atoms with Crippen molar-refractivity contribution in [1.29, 1.82) is 0 Å². The highest BCUT2D eigenvalue weighted by molar-refractivity contribution is 6.34. The van der Waals surface area contributed by atoms with Gasteiger partial charge in [-0.15, -0.1) is 0 Å². The van der Waals surface area contributed by atoms with Crippen molar-refractivity contribution in [3.05, 3.63) is 93.6 Å². The van der Waals surface area contributed by atoms with E-state index in [0.29, 0.717) is 44.2 Å². The second-order valence-electron chi connectivity index (χ2n) is 6.79. The van der Waals surface area contributed by atoms with Crippen LogP contribution in [0.1, 0.15) is 10.4 Å². The van der Waals surface area contributed by atoms with Crippen LogP contribution in [-0.4, -0.2) is 17.6 Å². The molecule has 0 aliphatic heterocycles. The normalized spacial score (nSPS) is 10.8. The zero-order valence-corrected chi connectivity index (χ0v) is 17.2. The molecule has 0 unspecified atom stereocenters. The van der Waals surface area contributed by atoms with Gasteiger partial charge in [-0.2, -0.15) is 0 Å². The average molecular weight is 419 g/mol. The van der Waals surface area contributed by atoms with Gasteiger partial charge in [-0.3, -0.25) is 9.59 Å². The Hall–Kier alpha value is -3.57. The number of nitrogens with zero attached hydrogens (tertiary/aromatic N) is 1. The molecule has 0 radical (unpaired) electrons. The van der Waals surface area contributed by atoms with Gasteiger partial charge in [-0.25, -0.2) is 0 Å². The summed E-state index contributed by atoms with van der Waals surface area (Å²) in [4.78, 5) is 26.5. The number of aryl methyl sites for hydroxylation is 1. The minimum Gasteiger partial charge on any atom is -0.497 e. The molecule has 0 aliphatic rings. The van der Waals surface area contributed by atoms with Crippen LogP contribution in [0.2, 0.25) is 5.02 Å². The van der Waals surface area contributed by atoms with Crippen molar-refractivity contribution in [2.75, 3.05) is 12.4 Å². The minimum atomic E-state index is -0.393. The highest BCUT2D eigenvalue weighted by atomic mass is 35.5. The van der Waals surface area contributed by atoms with E-state index in [4.69, 9.17) is 16.3 Å². The number of benzene rings is 3. The molecule has 4 aromatic rings. The molecule has 0 bridgehead atoms. The second kappa shape index (κ2) is 8.05. The lowest BCUT2D eigenvalue weighted by molar-refractivity contribution is 0.102. The van der Waals surface area contributed by atoms with Crippen LogP contribution in [0.3, 0.4) is 0 Å². The van der Waals surface area contributed by atoms with Crippen molar-refractivity contribution in [3.63, 3.8) is 0 Å². The molecule has 0 spiro atoms. The predicted molar refractivity (Wildman–Crippen MR) is 121 cm³/mol. The molecule has 1 aromatic heterocycles. The van der Waals surface area contributed by atoms with Crippen LogP contribution in [0, 0.1) is 0 Å². The third-order valence-corrected chi connectivity index (χ3v) is 5.35. The van der Waals surface area contributed by atoms with Crippen molar-refractivity contribution in [1.82, 2.24) is 4.57 Å². The Labute approximate surface area is 178 Å². The Balaban J connectivity index is 1.97. The summed E-state index contributed by atoms with van der Waals surface area (Å²) < 4.78 is 7.13. The van der Waals surface area contributed by atoms with E-state index in [-0.39, 0.29) is 5.43 Å². The number of amides is 1. The van der Waals surface area contributed by atoms with Crippen molar-refractivity contribution < 1.29 is 9.53 Å². The minimum absolute atomic E-state index is 0.175. The van der Waals surface area contributed by atoms with Crippen molar-refractivity contribution in [2.45, 2.75) is 0 Å². The molecule has 6 heteroatoms. The number of hydrogen-bond acceptors (Lipinski definition) is 3. The number of methoxy groups -OCH3 is 1. The van der Waals surface area contributed by atoms with Gasteiger partial charge < -0.3 is 14.6 Å². The fourth-order valence-corrected chi connectivity index (χ4v) is 3.72. The number of aromatic nitrogens is 1. The van der Waals surface area contributed by atoms with Crippen LogP contribution < -0.4 is 15.5 Å². The molecule has 4 rings (SSSR count). The number of nitrogens with one attached hydrogen (secondary N) is 1. The number of hydrogen-bond donors (Lipinski definition) is 1. The van der Waals surface area contributed by atoms with E-state index >= 15 is 0 Å². The maximum atomic E-state index is 13.5. The van der Waals surface area contributed by atoms with Gasteiger partial charge in [-0.05, 0) is 42.0 Å². The molecule has 1 amide bonds. The summed E-state index contributed by atoms with van der Waals surface area (Å²) in [5, 5.41) is 3.80. The van der Waals surface area contributed by atoms with Gasteiger partial charge >= 0.3 is 0 Å². The number of ether oxygens (including phenoxy) is 1. The monoisotopic (exact) mass is 418 g/mol. The van der Waals surface area contributed by atoms with Gasteiger partial charge in [0.2, 0.25) is 0 Å². The topological polar surface area (TPSA) is 60.3 Å². The summed E-state index contributed by atoms with van der Waals surface area (Å²) >= 11 is 6.20. The predicted octanol–water partition coefficient (Wildman–Crippen LogP) is 5.12. The Kier molecular flexibility index (Phi) is 5.29. The van der Waals surface area contributed by atoms with Crippen molar-refractivity contribution in [2.24, 2.45) is 7.05 Å². The Bertz CT molecular complexity index is 1330. The zero-order chi connectivity index (χ0) is 21.3. The maximum absolute atomic E-state index is 13.5. The van der Waals surface area contributed by atoms with Gasteiger partial charge in [0.05, 0.1) is 28.8 Å². The number of para-hydroxylation sites is 1. The smallest absolute Gasteiger partial charge is 0.258 e. The molecule has 1 N–H and O–H groups in total. The van der Waals surface area contributed by atoms with E-state index in [1.807, 2.05) is 37.4 Å². The quantitative estimate of drug-likeness (QED) is 0.500. The number of pyridine rings is 1. The SMILES string of the molecule is COc1cccc(-c2c(NC(=O)c3ccccc3Cl)n(C)c3ccccc3c2=O)c1. The van der Waals surface area contributed by atoms with E-state index in [2.05, 4.69) is 5.32 Å². The summed E-state index contributed by atoms with van der Waals surface area (Å²) in [5.41, 5.74) is 1.90. The Morgan fingerprint density at radius 1 is 1.00 bits per heavy atom. The molecule has 0 atom stereocenters. The Morgan fingerprint density at radius 2 is 1.73 bits per heavy atom. The number of carbonyl (C=O) groups is 1. The van der Waals surface area contributed by atoms with E-state index in [1.54, 1.807) is 54.1 Å². The van der Waals surface area contributed by atoms with Crippen molar-refractivity contribution >= 4 is 34.2 Å². The summed E-state index contributed by atoms with van der Waals surface area (Å²) in [6.07, 6.45) is 0. The summed E-state index contributed by atoms with van der Waals surface area (Å²) in [6, 6.07) is 21.3. The van der Waals surface area contributed by atoms with Gasteiger partial charge in [0, 0.05) is 12.4 Å². The number of carbonyl (C=O) groups excluding carboxylic acids is 1. The summed E-state index contributed by atoms with van der Waals surface area (Å²) in [5.74, 6) is 0.609. The van der Waals surface area contributed by atoms with E-state index < -0.39 is 5.91 Å². The number of fused-ring (bicyclic) bond motifs is 1. The fraction of sp³-hybridized carbons (Fsp3) is 0.0833. The molecule has 0 saturated carbocycles. The molecular formula is C24H19ClN2O3. The van der Waals surface area contributed by atoms with Gasteiger partial charge in [0.25, 0.3) is 5.91 Å². The van der Waals surface area contributed by atoms with Crippen LogP contribution >= 0.6 is 11.6 Å². The first-order valence-corrected chi connectivity index (χ1v) is 9.71. The van der Waals surface area contributed by atoms with E-state index in [0.717, 1.165) is 0 Å². The number of rotatable bonds is 4. The first-order valence-electron chi connectivity index (χ1n) is 9.33. The zero-order valence-electron chi connectivity index (χ0n) is 16.5. The van der Waals surface area contributed by atoms with Crippen LogP contribution in [0.25, 0.3) is 22.0 Å². The third-order valence-electron chi connectivity index (χ3n) is 5.02.